The molecule has 0 saturated heterocycles. The maximum absolute atomic E-state index is 13.6. The molecule has 1 heterocycles. The van der Waals surface area contributed by atoms with E-state index in [0.29, 0.717) is 45.0 Å². The number of dihydropyridines is 1. The van der Waals surface area contributed by atoms with Crippen LogP contribution >= 0.6 is 0 Å². The molecule has 0 radical (unpaired) electrons. The lowest BCUT2D eigenvalue weighted by Gasteiger charge is -2.30. The smallest absolute Gasteiger partial charge is 0.336 e. The number of halogens is 1. The number of ketones is 1. The minimum atomic E-state index is -0.688. The fourth-order valence-corrected chi connectivity index (χ4v) is 4.66. The fourth-order valence-electron chi connectivity index (χ4n) is 4.66. The summed E-state index contributed by atoms with van der Waals surface area (Å²) < 4.78 is 24.8. The molecule has 34 heavy (non-hydrogen) atoms. The van der Waals surface area contributed by atoms with E-state index in [4.69, 9.17) is 9.47 Å². The lowest BCUT2D eigenvalue weighted by Crippen LogP contribution is -2.29. The summed E-state index contributed by atoms with van der Waals surface area (Å²) in [6.45, 7) is 1.93. The molecule has 1 aliphatic heterocycles. The molecule has 1 aliphatic carbocycles. The molecule has 1 N–H and O–H groups in total. The minimum absolute atomic E-state index is 0.135. The zero-order valence-corrected chi connectivity index (χ0v) is 18.7. The van der Waals surface area contributed by atoms with Crippen molar-refractivity contribution >= 4 is 17.4 Å². The first-order chi connectivity index (χ1) is 16.5. The quantitative estimate of drug-likeness (QED) is 0.540. The van der Waals surface area contributed by atoms with Gasteiger partial charge in [-0.05, 0) is 30.7 Å². The van der Waals surface area contributed by atoms with E-state index in [-0.39, 0.29) is 18.2 Å². The van der Waals surface area contributed by atoms with Crippen molar-refractivity contribution in [3.05, 3.63) is 118 Å². The Kier molecular flexibility index (Phi) is 5.49. The summed E-state index contributed by atoms with van der Waals surface area (Å²) in [6, 6.07) is 20.8. The number of esters is 1. The van der Waals surface area contributed by atoms with Gasteiger partial charge in [0, 0.05) is 28.0 Å². The van der Waals surface area contributed by atoms with E-state index in [1.54, 1.807) is 31.2 Å². The summed E-state index contributed by atoms with van der Waals surface area (Å²) in [6.07, 6.45) is 0. The molecule has 0 bridgehead atoms. The topological polar surface area (TPSA) is 64.6 Å². The van der Waals surface area contributed by atoms with E-state index < -0.39 is 11.9 Å². The first-order valence-corrected chi connectivity index (χ1v) is 10.9. The van der Waals surface area contributed by atoms with Gasteiger partial charge in [-0.3, -0.25) is 4.79 Å². The Morgan fingerprint density at radius 2 is 1.74 bits per heavy atom. The van der Waals surface area contributed by atoms with Crippen LogP contribution in [-0.2, 0) is 16.1 Å². The molecule has 5 nitrogen and oxygen atoms in total. The highest BCUT2D eigenvalue weighted by molar-refractivity contribution is 6.23. The number of nitrogens with one attached hydrogen (secondary N) is 1. The molecule has 170 valence electrons. The molecule has 2 aliphatic rings. The van der Waals surface area contributed by atoms with E-state index >= 15 is 0 Å². The Morgan fingerprint density at radius 3 is 2.50 bits per heavy atom. The van der Waals surface area contributed by atoms with Crippen molar-refractivity contribution in [3.8, 4) is 5.75 Å². The van der Waals surface area contributed by atoms with Crippen LogP contribution in [0.2, 0.25) is 0 Å². The number of Topliss-reactive ketones (excluding diaryl/α,β-unsaturated/α-hetero) is 1. The second-order valence-electron chi connectivity index (χ2n) is 8.21. The Balaban J connectivity index is 1.62. The standard InChI is InChI=1S/C28H22FNO4/c1-16-23(28(32)33-2)24(25-26(30-16)19-10-3-4-11-20(19)27(25)31)21-12-5-6-13-22(21)34-15-17-8-7-9-18(29)14-17/h3-14,24,30H,15H2,1-2H3. The number of allylic oxidation sites excluding steroid dienone is 2. The van der Waals surface area contributed by atoms with Crippen LogP contribution in [0.5, 0.6) is 5.75 Å². The highest BCUT2D eigenvalue weighted by Gasteiger charge is 2.43. The SMILES string of the molecule is COC(=O)C1=C(C)NC2=C(C(=O)c3ccccc32)C1c1ccccc1OCc1cccc(F)c1. The third-order valence-corrected chi connectivity index (χ3v) is 6.17. The van der Waals surface area contributed by atoms with Gasteiger partial charge >= 0.3 is 5.97 Å². The Hall–Kier alpha value is -4.19. The Bertz CT molecular complexity index is 1390. The predicted molar refractivity (Wildman–Crippen MR) is 125 cm³/mol. The second kappa shape index (κ2) is 8.63. The lowest BCUT2D eigenvalue weighted by molar-refractivity contribution is -0.136. The van der Waals surface area contributed by atoms with Gasteiger partial charge in [-0.2, -0.15) is 0 Å². The van der Waals surface area contributed by atoms with E-state index in [0.717, 1.165) is 5.56 Å². The van der Waals surface area contributed by atoms with Gasteiger partial charge in [0.05, 0.1) is 24.3 Å². The van der Waals surface area contributed by atoms with Gasteiger partial charge in [0.1, 0.15) is 18.2 Å². The molecule has 0 spiro atoms. The van der Waals surface area contributed by atoms with Gasteiger partial charge in [0.25, 0.3) is 0 Å². The normalized spacial score (nSPS) is 16.7. The molecular weight excluding hydrogens is 433 g/mol. The molecule has 0 aromatic heterocycles. The number of rotatable bonds is 5. The third kappa shape index (κ3) is 3.57. The zero-order chi connectivity index (χ0) is 23.8. The number of carbonyl (C=O) groups excluding carboxylic acids is 2. The van der Waals surface area contributed by atoms with E-state index in [2.05, 4.69) is 5.32 Å². The van der Waals surface area contributed by atoms with E-state index in [1.807, 2.05) is 36.4 Å². The second-order valence-corrected chi connectivity index (χ2v) is 8.21. The average molecular weight is 455 g/mol. The van der Waals surface area contributed by atoms with E-state index in [1.165, 1.54) is 19.2 Å². The van der Waals surface area contributed by atoms with Crippen molar-refractivity contribution in [2.24, 2.45) is 0 Å². The first kappa shape index (κ1) is 21.6. The molecule has 3 aromatic carbocycles. The number of benzene rings is 3. The molecule has 5 rings (SSSR count). The van der Waals surface area contributed by atoms with Crippen LogP contribution in [-0.4, -0.2) is 18.9 Å². The molecule has 0 amide bonds. The molecule has 6 heteroatoms. The van der Waals surface area contributed by atoms with Crippen molar-refractivity contribution in [1.29, 1.82) is 0 Å². The van der Waals surface area contributed by atoms with Crippen molar-refractivity contribution in [3.63, 3.8) is 0 Å². The van der Waals surface area contributed by atoms with Gasteiger partial charge in [0.15, 0.2) is 5.78 Å². The Labute approximate surface area is 196 Å². The monoisotopic (exact) mass is 455 g/mol. The summed E-state index contributed by atoms with van der Waals surface area (Å²) in [5, 5.41) is 3.27. The minimum Gasteiger partial charge on any atom is -0.489 e. The maximum atomic E-state index is 13.6. The van der Waals surface area contributed by atoms with Crippen LogP contribution in [0.3, 0.4) is 0 Å². The molecule has 0 fully saturated rings. The van der Waals surface area contributed by atoms with Gasteiger partial charge in [-0.15, -0.1) is 0 Å². The molecule has 0 saturated carbocycles. The largest absolute Gasteiger partial charge is 0.489 e. The van der Waals surface area contributed by atoms with Crippen LogP contribution in [0, 0.1) is 5.82 Å². The summed E-state index contributed by atoms with van der Waals surface area (Å²) >= 11 is 0. The number of hydrogen-bond acceptors (Lipinski definition) is 5. The molecule has 3 aromatic rings. The van der Waals surface area contributed by atoms with Gasteiger partial charge in [0.2, 0.25) is 0 Å². The van der Waals surface area contributed by atoms with Crippen LogP contribution in [0.15, 0.2) is 89.6 Å². The van der Waals surface area contributed by atoms with Crippen LogP contribution in [0.25, 0.3) is 5.70 Å². The highest BCUT2D eigenvalue weighted by atomic mass is 19.1. The molecule has 1 unspecified atom stereocenters. The van der Waals surface area contributed by atoms with Gasteiger partial charge in [-0.1, -0.05) is 54.6 Å². The summed E-state index contributed by atoms with van der Waals surface area (Å²) in [7, 11) is 1.32. The summed E-state index contributed by atoms with van der Waals surface area (Å²) in [5.74, 6) is -1.19. The van der Waals surface area contributed by atoms with Crippen LogP contribution in [0.4, 0.5) is 4.39 Å². The zero-order valence-electron chi connectivity index (χ0n) is 18.7. The first-order valence-electron chi connectivity index (χ1n) is 10.9. The number of ether oxygens (including phenoxy) is 2. The highest BCUT2D eigenvalue weighted by Crippen LogP contribution is 2.48. The third-order valence-electron chi connectivity index (χ3n) is 6.17. The van der Waals surface area contributed by atoms with Crippen LogP contribution in [0.1, 0.15) is 39.9 Å². The van der Waals surface area contributed by atoms with Crippen molar-refractivity contribution in [1.82, 2.24) is 5.32 Å². The van der Waals surface area contributed by atoms with Crippen molar-refractivity contribution in [2.45, 2.75) is 19.4 Å². The Morgan fingerprint density at radius 1 is 1.00 bits per heavy atom. The lowest BCUT2D eigenvalue weighted by atomic mass is 9.79. The average Bonchev–Trinajstić information content (AvgIpc) is 3.13. The van der Waals surface area contributed by atoms with Crippen molar-refractivity contribution < 1.29 is 23.5 Å². The van der Waals surface area contributed by atoms with Crippen molar-refractivity contribution in [2.75, 3.05) is 7.11 Å². The number of para-hydroxylation sites is 1. The number of hydrogen-bond donors (Lipinski definition) is 1. The number of carbonyl (C=O) groups is 2. The molecular formula is C28H22FNO4. The van der Waals surface area contributed by atoms with Gasteiger partial charge < -0.3 is 14.8 Å². The summed E-state index contributed by atoms with van der Waals surface area (Å²) in [5.41, 5.74) is 4.85. The number of methoxy groups -OCH3 is 1. The van der Waals surface area contributed by atoms with E-state index in [9.17, 15) is 14.0 Å². The predicted octanol–water partition coefficient (Wildman–Crippen LogP) is 5.15. The molecule has 1 atom stereocenters. The summed E-state index contributed by atoms with van der Waals surface area (Å²) in [4.78, 5) is 26.5. The fraction of sp³-hybridized carbons (Fsp3) is 0.143. The van der Waals surface area contributed by atoms with Crippen LogP contribution < -0.4 is 10.1 Å². The van der Waals surface area contributed by atoms with Gasteiger partial charge in [-0.25, -0.2) is 9.18 Å². The maximum Gasteiger partial charge on any atom is 0.336 e. The number of fused-ring (bicyclic) bond motifs is 2.